The molecule has 0 atom stereocenters. The number of carbonyl (C=O) groups excluding carboxylic acids is 1. The van der Waals surface area contributed by atoms with Gasteiger partial charge in [-0.25, -0.2) is 10.7 Å². The molecule has 0 aromatic rings. The Bertz CT molecular complexity index is 177. The number of rotatable bonds is 3. The van der Waals surface area contributed by atoms with E-state index in [1.807, 2.05) is 0 Å². The van der Waals surface area contributed by atoms with Gasteiger partial charge in [0.1, 0.15) is 11.2 Å². The lowest BCUT2D eigenvalue weighted by atomic mass is 9.89. The van der Waals surface area contributed by atoms with Crippen molar-refractivity contribution < 1.29 is 14.4 Å². The molecular formula is C7H16N2O3. The second-order valence-corrected chi connectivity index (χ2v) is 3.56. The van der Waals surface area contributed by atoms with E-state index in [2.05, 4.69) is 4.84 Å². The van der Waals surface area contributed by atoms with Gasteiger partial charge in [-0.3, -0.25) is 4.84 Å². The molecule has 72 valence electrons. The molecule has 12 heavy (non-hydrogen) atoms. The van der Waals surface area contributed by atoms with Crippen molar-refractivity contribution in [1.82, 2.24) is 0 Å². The molecule has 0 aliphatic carbocycles. The summed E-state index contributed by atoms with van der Waals surface area (Å²) in [5.41, 5.74) is 3.24. The molecule has 0 bridgehead atoms. The zero-order chi connectivity index (χ0) is 9.99. The highest BCUT2D eigenvalue weighted by atomic mass is 16.7. The number of amides is 1. The SMILES string of the molecule is CC(C)(ON)C(C)(C)OC(N)=O. The van der Waals surface area contributed by atoms with Crippen molar-refractivity contribution in [2.45, 2.75) is 38.9 Å². The lowest BCUT2D eigenvalue weighted by Gasteiger charge is -2.37. The largest absolute Gasteiger partial charge is 0.441 e. The Morgan fingerprint density at radius 3 is 1.83 bits per heavy atom. The maximum Gasteiger partial charge on any atom is 0.405 e. The van der Waals surface area contributed by atoms with Crippen molar-refractivity contribution >= 4 is 6.09 Å². The Hall–Kier alpha value is -0.810. The molecule has 5 heteroatoms. The molecular weight excluding hydrogens is 160 g/mol. The van der Waals surface area contributed by atoms with Crippen molar-refractivity contribution in [3.63, 3.8) is 0 Å². The molecule has 0 rings (SSSR count). The van der Waals surface area contributed by atoms with Crippen LogP contribution in [0.1, 0.15) is 27.7 Å². The number of ether oxygens (including phenoxy) is 1. The zero-order valence-electron chi connectivity index (χ0n) is 7.88. The molecule has 0 heterocycles. The summed E-state index contributed by atoms with van der Waals surface area (Å²) in [6.45, 7) is 6.75. The lowest BCUT2D eigenvalue weighted by molar-refractivity contribution is -0.149. The number of hydrogen-bond acceptors (Lipinski definition) is 4. The summed E-state index contributed by atoms with van der Waals surface area (Å²) >= 11 is 0. The smallest absolute Gasteiger partial charge is 0.405 e. The van der Waals surface area contributed by atoms with E-state index in [0.717, 1.165) is 0 Å². The van der Waals surface area contributed by atoms with Gasteiger partial charge in [0.2, 0.25) is 0 Å². The first kappa shape index (κ1) is 11.2. The van der Waals surface area contributed by atoms with E-state index in [1.165, 1.54) is 0 Å². The fraction of sp³-hybridized carbons (Fsp3) is 0.857. The highest BCUT2D eigenvalue weighted by molar-refractivity contribution is 5.65. The van der Waals surface area contributed by atoms with Crippen molar-refractivity contribution in [3.05, 3.63) is 0 Å². The van der Waals surface area contributed by atoms with Crippen LogP contribution >= 0.6 is 0 Å². The van der Waals surface area contributed by atoms with E-state index in [-0.39, 0.29) is 0 Å². The highest BCUT2D eigenvalue weighted by Crippen LogP contribution is 2.27. The molecule has 0 radical (unpaired) electrons. The molecule has 0 aliphatic heterocycles. The number of primary amides is 1. The maximum atomic E-state index is 10.5. The third-order valence-corrected chi connectivity index (χ3v) is 2.10. The van der Waals surface area contributed by atoms with Crippen molar-refractivity contribution in [3.8, 4) is 0 Å². The van der Waals surface area contributed by atoms with Crippen LogP contribution in [-0.4, -0.2) is 17.3 Å². The molecule has 4 N–H and O–H groups in total. The van der Waals surface area contributed by atoms with Crippen LogP contribution < -0.4 is 11.6 Å². The molecule has 0 unspecified atom stereocenters. The second-order valence-electron chi connectivity index (χ2n) is 3.56. The van der Waals surface area contributed by atoms with Gasteiger partial charge >= 0.3 is 6.09 Å². The molecule has 0 aliphatic rings. The molecule has 0 spiro atoms. The van der Waals surface area contributed by atoms with Crippen molar-refractivity contribution in [2.24, 2.45) is 11.6 Å². The molecule has 0 fully saturated rings. The van der Waals surface area contributed by atoms with Crippen LogP contribution in [-0.2, 0) is 9.57 Å². The molecule has 0 saturated carbocycles. The standard InChI is InChI=1S/C7H16N2O3/c1-6(2,11-5(8)10)7(3,4)12-9/h9H2,1-4H3,(H2,8,10). The van der Waals surface area contributed by atoms with Gasteiger partial charge in [-0.2, -0.15) is 0 Å². The van der Waals surface area contributed by atoms with Crippen molar-refractivity contribution in [1.29, 1.82) is 0 Å². The van der Waals surface area contributed by atoms with E-state index in [9.17, 15) is 4.79 Å². The van der Waals surface area contributed by atoms with Crippen LogP contribution in [0.25, 0.3) is 0 Å². The second kappa shape index (κ2) is 3.28. The van der Waals surface area contributed by atoms with Gasteiger partial charge in [0.25, 0.3) is 0 Å². The Morgan fingerprint density at radius 1 is 1.17 bits per heavy atom. The molecule has 0 saturated heterocycles. The van der Waals surface area contributed by atoms with Crippen LogP contribution in [0.3, 0.4) is 0 Å². The van der Waals surface area contributed by atoms with E-state index >= 15 is 0 Å². The van der Waals surface area contributed by atoms with Gasteiger partial charge in [-0.15, -0.1) is 0 Å². The molecule has 0 aromatic heterocycles. The average Bonchev–Trinajstić information content (AvgIpc) is 1.84. The number of hydrogen-bond donors (Lipinski definition) is 2. The Labute approximate surface area is 72.0 Å². The summed E-state index contributed by atoms with van der Waals surface area (Å²) in [5, 5.41) is 0. The van der Waals surface area contributed by atoms with Crippen LogP contribution in [0.15, 0.2) is 0 Å². The summed E-state index contributed by atoms with van der Waals surface area (Å²) in [7, 11) is 0. The van der Waals surface area contributed by atoms with E-state index < -0.39 is 17.3 Å². The first-order valence-corrected chi connectivity index (χ1v) is 3.59. The van der Waals surface area contributed by atoms with Crippen LogP contribution in [0, 0.1) is 0 Å². The fourth-order valence-corrected chi connectivity index (χ4v) is 0.516. The Balaban J connectivity index is 4.48. The van der Waals surface area contributed by atoms with Gasteiger partial charge in [-0.05, 0) is 27.7 Å². The predicted molar refractivity (Wildman–Crippen MR) is 44.1 cm³/mol. The first-order valence-electron chi connectivity index (χ1n) is 3.59. The number of carbonyl (C=O) groups is 1. The van der Waals surface area contributed by atoms with Gasteiger partial charge in [0.15, 0.2) is 0 Å². The van der Waals surface area contributed by atoms with Gasteiger partial charge in [0.05, 0.1) is 0 Å². The minimum absolute atomic E-state index is 0.776. The number of nitrogens with two attached hydrogens (primary N) is 2. The van der Waals surface area contributed by atoms with E-state index in [4.69, 9.17) is 16.4 Å². The van der Waals surface area contributed by atoms with Crippen molar-refractivity contribution in [2.75, 3.05) is 0 Å². The summed E-state index contributed by atoms with van der Waals surface area (Å²) in [4.78, 5) is 15.2. The fourth-order valence-electron chi connectivity index (χ4n) is 0.516. The van der Waals surface area contributed by atoms with Gasteiger partial charge in [-0.1, -0.05) is 0 Å². The highest BCUT2D eigenvalue weighted by Gasteiger charge is 2.41. The van der Waals surface area contributed by atoms with Gasteiger partial charge in [0, 0.05) is 0 Å². The normalized spacial score (nSPS) is 12.8. The summed E-state index contributed by atoms with van der Waals surface area (Å²) in [6.07, 6.45) is -0.842. The third-order valence-electron chi connectivity index (χ3n) is 2.10. The Morgan fingerprint density at radius 2 is 1.58 bits per heavy atom. The predicted octanol–water partition coefficient (Wildman–Crippen LogP) is 0.529. The quantitative estimate of drug-likeness (QED) is 0.614. The zero-order valence-corrected chi connectivity index (χ0v) is 7.88. The maximum absolute atomic E-state index is 10.5. The Kier molecular flexibility index (Phi) is 3.06. The summed E-state index contributed by atoms with van der Waals surface area (Å²) < 4.78 is 4.83. The van der Waals surface area contributed by atoms with Crippen LogP contribution in [0.5, 0.6) is 0 Å². The molecule has 5 nitrogen and oxygen atoms in total. The molecule has 0 aromatic carbocycles. The third kappa shape index (κ3) is 2.35. The van der Waals surface area contributed by atoms with E-state index in [0.29, 0.717) is 0 Å². The lowest BCUT2D eigenvalue weighted by Crippen LogP contribution is -2.52. The summed E-state index contributed by atoms with van der Waals surface area (Å²) in [5.74, 6) is 5.04. The topological polar surface area (TPSA) is 87.6 Å². The summed E-state index contributed by atoms with van der Waals surface area (Å²) in [6, 6.07) is 0. The average molecular weight is 176 g/mol. The minimum Gasteiger partial charge on any atom is -0.441 e. The first-order chi connectivity index (χ1) is 5.23. The van der Waals surface area contributed by atoms with Gasteiger partial charge < -0.3 is 10.5 Å². The molecule has 1 amide bonds. The van der Waals surface area contributed by atoms with E-state index in [1.54, 1.807) is 27.7 Å². The van der Waals surface area contributed by atoms with Crippen LogP contribution in [0.4, 0.5) is 4.79 Å². The minimum atomic E-state index is -0.854. The monoisotopic (exact) mass is 176 g/mol. The van der Waals surface area contributed by atoms with Crippen LogP contribution in [0.2, 0.25) is 0 Å².